The topological polar surface area (TPSA) is 88.6 Å². The summed E-state index contributed by atoms with van der Waals surface area (Å²) in [5.41, 5.74) is 1.39. The van der Waals surface area contributed by atoms with Crippen LogP contribution in [0.3, 0.4) is 0 Å². The van der Waals surface area contributed by atoms with Gasteiger partial charge < -0.3 is 10.1 Å². The summed E-state index contributed by atoms with van der Waals surface area (Å²) in [6.07, 6.45) is 0.357. The summed E-state index contributed by atoms with van der Waals surface area (Å²) in [5.74, 6) is -0.502. The van der Waals surface area contributed by atoms with Gasteiger partial charge in [0.15, 0.2) is 5.13 Å². The van der Waals surface area contributed by atoms with E-state index >= 15 is 0 Å². The molecule has 7 nitrogen and oxygen atoms in total. The standard InChI is InChI=1S/C22H21N3O4S/c1-12(2)10-17(25-20(27)14-6-4-5-7-15(14)21(25)28)19(26)24-22-23-16-9-8-13(29-3)11-18(16)30-22/h4-9,11-12,17H,10H2,1-3H3,(H,23,24,26)/t17-/m0/s1. The summed E-state index contributed by atoms with van der Waals surface area (Å²) in [6, 6.07) is 11.2. The zero-order valence-corrected chi connectivity index (χ0v) is 17.7. The molecule has 4 rings (SSSR count). The molecule has 1 aliphatic heterocycles. The Morgan fingerprint density at radius 3 is 2.40 bits per heavy atom. The highest BCUT2D eigenvalue weighted by Crippen LogP contribution is 2.31. The van der Waals surface area contributed by atoms with E-state index in [-0.39, 0.29) is 5.92 Å². The van der Waals surface area contributed by atoms with Crippen LogP contribution in [0.25, 0.3) is 10.2 Å². The van der Waals surface area contributed by atoms with E-state index in [1.165, 1.54) is 11.3 Å². The molecule has 1 aliphatic rings. The van der Waals surface area contributed by atoms with Crippen LogP contribution >= 0.6 is 11.3 Å². The Labute approximate surface area is 177 Å². The van der Waals surface area contributed by atoms with Crippen LogP contribution in [0, 0.1) is 5.92 Å². The molecule has 30 heavy (non-hydrogen) atoms. The molecule has 3 amide bonds. The van der Waals surface area contributed by atoms with Crippen LogP contribution in [0.4, 0.5) is 5.13 Å². The molecule has 3 aromatic rings. The van der Waals surface area contributed by atoms with Crippen molar-refractivity contribution in [3.8, 4) is 5.75 Å². The quantitative estimate of drug-likeness (QED) is 0.607. The smallest absolute Gasteiger partial charge is 0.262 e. The third-order valence-electron chi connectivity index (χ3n) is 4.96. The van der Waals surface area contributed by atoms with Crippen molar-refractivity contribution >= 4 is 44.4 Å². The number of nitrogens with zero attached hydrogens (tertiary/aromatic N) is 2. The number of anilines is 1. The minimum Gasteiger partial charge on any atom is -0.497 e. The van der Waals surface area contributed by atoms with Crippen molar-refractivity contribution in [2.45, 2.75) is 26.3 Å². The lowest BCUT2D eigenvalue weighted by Gasteiger charge is -2.26. The molecule has 0 fully saturated rings. The van der Waals surface area contributed by atoms with Gasteiger partial charge in [-0.25, -0.2) is 4.98 Å². The normalized spacial score (nSPS) is 14.3. The molecule has 2 aromatic carbocycles. The highest BCUT2D eigenvalue weighted by Gasteiger charge is 2.42. The SMILES string of the molecule is COc1ccc2nc(NC(=O)[C@H](CC(C)C)N3C(=O)c4ccccc4C3=O)sc2c1. The van der Waals surface area contributed by atoms with Crippen LogP contribution in [-0.4, -0.2) is 40.8 Å². The van der Waals surface area contributed by atoms with Crippen LogP contribution in [0.2, 0.25) is 0 Å². The van der Waals surface area contributed by atoms with E-state index in [4.69, 9.17) is 4.74 Å². The fraction of sp³-hybridized carbons (Fsp3) is 0.273. The number of fused-ring (bicyclic) bond motifs is 2. The Kier molecular flexibility index (Phi) is 5.26. The monoisotopic (exact) mass is 423 g/mol. The molecule has 0 saturated carbocycles. The second-order valence-corrected chi connectivity index (χ2v) is 8.54. The van der Waals surface area contributed by atoms with Crippen LogP contribution in [0.15, 0.2) is 42.5 Å². The van der Waals surface area contributed by atoms with Gasteiger partial charge in [-0.05, 0) is 42.7 Å². The molecule has 0 radical (unpaired) electrons. The van der Waals surface area contributed by atoms with Crippen molar-refractivity contribution in [2.75, 3.05) is 12.4 Å². The van der Waals surface area contributed by atoms with E-state index in [9.17, 15) is 14.4 Å². The van der Waals surface area contributed by atoms with Crippen molar-refractivity contribution in [2.24, 2.45) is 5.92 Å². The summed E-state index contributed by atoms with van der Waals surface area (Å²) >= 11 is 1.31. The molecule has 0 saturated heterocycles. The minimum atomic E-state index is -0.918. The van der Waals surface area contributed by atoms with Crippen molar-refractivity contribution in [3.63, 3.8) is 0 Å². The lowest BCUT2D eigenvalue weighted by Crippen LogP contribution is -2.47. The molecular weight excluding hydrogens is 402 g/mol. The van der Waals surface area contributed by atoms with E-state index in [0.29, 0.717) is 28.4 Å². The van der Waals surface area contributed by atoms with Gasteiger partial charge in [0.2, 0.25) is 5.91 Å². The summed E-state index contributed by atoms with van der Waals surface area (Å²) < 4.78 is 6.09. The molecule has 154 valence electrons. The summed E-state index contributed by atoms with van der Waals surface area (Å²) in [4.78, 5) is 44.5. The van der Waals surface area contributed by atoms with E-state index in [0.717, 1.165) is 15.1 Å². The number of hydrogen-bond donors (Lipinski definition) is 1. The lowest BCUT2D eigenvalue weighted by atomic mass is 10.0. The maximum absolute atomic E-state index is 13.2. The van der Waals surface area contributed by atoms with Gasteiger partial charge in [0.1, 0.15) is 11.8 Å². The first-order valence-corrected chi connectivity index (χ1v) is 10.4. The summed E-state index contributed by atoms with van der Waals surface area (Å²) in [7, 11) is 1.59. The van der Waals surface area contributed by atoms with Crippen molar-refractivity contribution < 1.29 is 19.1 Å². The Morgan fingerprint density at radius 2 is 1.80 bits per heavy atom. The number of benzene rings is 2. The van der Waals surface area contributed by atoms with Crippen molar-refractivity contribution in [1.82, 2.24) is 9.88 Å². The second-order valence-electron chi connectivity index (χ2n) is 7.51. The predicted molar refractivity (Wildman–Crippen MR) is 115 cm³/mol. The van der Waals surface area contributed by atoms with Crippen molar-refractivity contribution in [3.05, 3.63) is 53.6 Å². The number of carbonyl (C=O) groups excluding carboxylic acids is 3. The fourth-order valence-electron chi connectivity index (χ4n) is 3.54. The van der Waals surface area contributed by atoms with Crippen LogP contribution in [-0.2, 0) is 4.79 Å². The van der Waals surface area contributed by atoms with Gasteiger partial charge in [-0.3, -0.25) is 19.3 Å². The first-order chi connectivity index (χ1) is 14.4. The summed E-state index contributed by atoms with van der Waals surface area (Å²) in [5, 5.41) is 3.21. The molecule has 0 bridgehead atoms. The zero-order valence-electron chi connectivity index (χ0n) is 16.8. The number of methoxy groups -OCH3 is 1. The zero-order chi connectivity index (χ0) is 21.4. The molecule has 1 N–H and O–H groups in total. The van der Waals surface area contributed by atoms with E-state index < -0.39 is 23.8 Å². The molecule has 0 aliphatic carbocycles. The molecule has 1 atom stereocenters. The second kappa shape index (κ2) is 7.87. The number of imide groups is 1. The van der Waals surface area contributed by atoms with Gasteiger partial charge in [-0.2, -0.15) is 0 Å². The molecular formula is C22H21N3O4S. The minimum absolute atomic E-state index is 0.102. The highest BCUT2D eigenvalue weighted by atomic mass is 32.1. The van der Waals surface area contributed by atoms with Gasteiger partial charge in [0, 0.05) is 0 Å². The maximum Gasteiger partial charge on any atom is 0.262 e. The van der Waals surface area contributed by atoms with Gasteiger partial charge in [0.05, 0.1) is 28.5 Å². The Morgan fingerprint density at radius 1 is 1.13 bits per heavy atom. The first kappa shape index (κ1) is 20.0. The average Bonchev–Trinajstić information content (AvgIpc) is 3.24. The lowest BCUT2D eigenvalue weighted by molar-refractivity contribution is -0.120. The maximum atomic E-state index is 13.2. The molecule has 8 heteroatoms. The Hall–Kier alpha value is -3.26. The van der Waals surface area contributed by atoms with Crippen LogP contribution in [0.5, 0.6) is 5.75 Å². The van der Waals surface area contributed by atoms with Gasteiger partial charge in [-0.1, -0.05) is 37.3 Å². The van der Waals surface area contributed by atoms with Crippen LogP contribution in [0.1, 0.15) is 41.0 Å². The summed E-state index contributed by atoms with van der Waals surface area (Å²) in [6.45, 7) is 3.89. The average molecular weight is 423 g/mol. The number of nitrogens with one attached hydrogen (secondary N) is 1. The number of hydrogen-bond acceptors (Lipinski definition) is 6. The van der Waals surface area contributed by atoms with Gasteiger partial charge in [-0.15, -0.1) is 0 Å². The van der Waals surface area contributed by atoms with E-state index in [2.05, 4.69) is 10.3 Å². The predicted octanol–water partition coefficient (Wildman–Crippen LogP) is 3.95. The first-order valence-electron chi connectivity index (χ1n) is 9.61. The third-order valence-corrected chi connectivity index (χ3v) is 5.89. The Bertz CT molecular complexity index is 1120. The van der Waals surface area contributed by atoms with E-state index in [1.807, 2.05) is 26.0 Å². The van der Waals surface area contributed by atoms with Gasteiger partial charge >= 0.3 is 0 Å². The number of amides is 3. The number of aromatic nitrogens is 1. The van der Waals surface area contributed by atoms with Gasteiger partial charge in [0.25, 0.3) is 11.8 Å². The van der Waals surface area contributed by atoms with Crippen LogP contribution < -0.4 is 10.1 Å². The third kappa shape index (κ3) is 3.54. The largest absolute Gasteiger partial charge is 0.497 e. The fourth-order valence-corrected chi connectivity index (χ4v) is 4.44. The highest BCUT2D eigenvalue weighted by molar-refractivity contribution is 7.22. The van der Waals surface area contributed by atoms with Crippen molar-refractivity contribution in [1.29, 1.82) is 0 Å². The number of ether oxygens (including phenoxy) is 1. The number of carbonyl (C=O) groups is 3. The van der Waals surface area contributed by atoms with E-state index in [1.54, 1.807) is 37.4 Å². The molecule has 2 heterocycles. The number of rotatable bonds is 6. The molecule has 0 spiro atoms. The Balaban J connectivity index is 1.62. The molecule has 0 unspecified atom stereocenters. The number of thiazole rings is 1. The molecule has 1 aromatic heterocycles.